The van der Waals surface area contributed by atoms with Gasteiger partial charge in [0.15, 0.2) is 12.0 Å². The molecule has 1 aromatic heterocycles. The quantitative estimate of drug-likeness (QED) is 0.458. The van der Waals surface area contributed by atoms with Crippen LogP contribution in [0.2, 0.25) is 0 Å². The summed E-state index contributed by atoms with van der Waals surface area (Å²) >= 11 is 0. The second kappa shape index (κ2) is 9.57. The van der Waals surface area contributed by atoms with Gasteiger partial charge >= 0.3 is 35.6 Å². The van der Waals surface area contributed by atoms with Crippen molar-refractivity contribution in [2.24, 2.45) is 0 Å². The molecule has 4 rings (SSSR count). The molecular formula is C22H14N3NaO5. The van der Waals surface area contributed by atoms with Crippen molar-refractivity contribution in [2.75, 3.05) is 4.90 Å². The van der Waals surface area contributed by atoms with Gasteiger partial charge in [-0.3, -0.25) is 15.0 Å². The molecule has 4 aromatic rings. The minimum Gasteiger partial charge on any atom is -0.545 e. The van der Waals surface area contributed by atoms with Crippen LogP contribution in [0, 0.1) is 0 Å². The third kappa shape index (κ3) is 4.83. The number of urea groups is 1. The van der Waals surface area contributed by atoms with Gasteiger partial charge in [-0.1, -0.05) is 30.3 Å². The number of carboxylic acid groups (broad SMARTS) is 1. The average Bonchev–Trinajstić information content (AvgIpc) is 3.23. The second-order valence-electron chi connectivity index (χ2n) is 6.30. The molecule has 0 aliphatic heterocycles. The molecule has 0 spiro atoms. The molecule has 8 nitrogen and oxygen atoms in total. The van der Waals surface area contributed by atoms with E-state index in [1.165, 1.54) is 47.7 Å². The Morgan fingerprint density at radius 2 is 1.52 bits per heavy atom. The molecule has 0 radical (unpaired) electrons. The number of rotatable bonds is 4. The Labute approximate surface area is 198 Å². The zero-order valence-electron chi connectivity index (χ0n) is 16.4. The van der Waals surface area contributed by atoms with E-state index in [2.05, 4.69) is 10.3 Å². The number of aromatic carboxylic acids is 1. The van der Waals surface area contributed by atoms with Crippen molar-refractivity contribution in [3.8, 4) is 0 Å². The largest absolute Gasteiger partial charge is 1.00 e. The van der Waals surface area contributed by atoms with Crippen LogP contribution in [0.5, 0.6) is 0 Å². The molecule has 0 unspecified atom stereocenters. The van der Waals surface area contributed by atoms with Crippen LogP contribution in [0.3, 0.4) is 0 Å². The number of benzene rings is 3. The first kappa shape index (κ1) is 22.2. The van der Waals surface area contributed by atoms with Crippen molar-refractivity contribution in [2.45, 2.75) is 0 Å². The number of carboxylic acids is 1. The van der Waals surface area contributed by atoms with Crippen molar-refractivity contribution in [1.82, 2.24) is 10.3 Å². The molecule has 0 bridgehead atoms. The maximum Gasteiger partial charge on any atom is 1.00 e. The number of aromatic nitrogens is 1. The van der Waals surface area contributed by atoms with Gasteiger partial charge in [-0.2, -0.15) is 0 Å². The molecule has 9 heteroatoms. The van der Waals surface area contributed by atoms with Crippen molar-refractivity contribution < 1.29 is 53.5 Å². The molecule has 31 heavy (non-hydrogen) atoms. The van der Waals surface area contributed by atoms with Gasteiger partial charge in [-0.15, -0.1) is 0 Å². The first-order valence-corrected chi connectivity index (χ1v) is 8.88. The van der Waals surface area contributed by atoms with Crippen molar-refractivity contribution >= 4 is 40.4 Å². The monoisotopic (exact) mass is 423 g/mol. The normalized spacial score (nSPS) is 10.2. The summed E-state index contributed by atoms with van der Waals surface area (Å²) in [6.07, 6.45) is 1.27. The molecule has 0 aliphatic carbocycles. The first-order valence-electron chi connectivity index (χ1n) is 8.88. The molecule has 0 atom stereocenters. The van der Waals surface area contributed by atoms with Crippen LogP contribution in [-0.2, 0) is 0 Å². The molecule has 0 aliphatic rings. The minimum atomic E-state index is -1.32. The number of imide groups is 1. The molecule has 3 amide bonds. The number of anilines is 2. The summed E-state index contributed by atoms with van der Waals surface area (Å²) in [5.41, 5.74) is 2.10. The van der Waals surface area contributed by atoms with Crippen LogP contribution in [-0.4, -0.2) is 22.9 Å². The van der Waals surface area contributed by atoms with E-state index in [-0.39, 0.29) is 40.7 Å². The Kier molecular flexibility index (Phi) is 6.86. The fraction of sp³-hybridized carbons (Fsp3) is 0. The fourth-order valence-corrected chi connectivity index (χ4v) is 2.93. The maximum atomic E-state index is 13.0. The van der Waals surface area contributed by atoms with E-state index >= 15 is 0 Å². The number of hydrogen-bond donors (Lipinski definition) is 1. The first-order chi connectivity index (χ1) is 14.5. The molecule has 1 N–H and O–H groups in total. The summed E-state index contributed by atoms with van der Waals surface area (Å²) in [5.74, 6) is -1.94. The Balaban J connectivity index is 0.00000272. The van der Waals surface area contributed by atoms with E-state index < -0.39 is 17.9 Å². The number of carbonyl (C=O) groups is 3. The van der Waals surface area contributed by atoms with Crippen LogP contribution >= 0.6 is 0 Å². The third-order valence-electron chi connectivity index (χ3n) is 4.39. The predicted molar refractivity (Wildman–Crippen MR) is 106 cm³/mol. The third-order valence-corrected chi connectivity index (χ3v) is 4.39. The summed E-state index contributed by atoms with van der Waals surface area (Å²) in [6.45, 7) is 0. The van der Waals surface area contributed by atoms with Crippen LogP contribution in [0.4, 0.5) is 16.2 Å². The number of fused-ring (bicyclic) bond motifs is 1. The number of amides is 3. The summed E-state index contributed by atoms with van der Waals surface area (Å²) in [6, 6.07) is 18.2. The molecule has 3 aromatic carbocycles. The molecule has 148 valence electrons. The number of nitrogens with zero attached hydrogens (tertiary/aromatic N) is 2. The summed E-state index contributed by atoms with van der Waals surface area (Å²) in [7, 11) is 0. The zero-order valence-corrected chi connectivity index (χ0v) is 18.4. The number of carbonyl (C=O) groups excluding carboxylic acids is 3. The summed E-state index contributed by atoms with van der Waals surface area (Å²) in [4.78, 5) is 41.9. The molecule has 0 saturated carbocycles. The predicted octanol–water partition coefficient (Wildman–Crippen LogP) is -0.117. The van der Waals surface area contributed by atoms with E-state index in [4.69, 9.17) is 4.42 Å². The maximum absolute atomic E-state index is 13.0. The number of para-hydroxylation sites is 1. The number of hydrogen-bond acceptors (Lipinski definition) is 6. The molecule has 0 fully saturated rings. The molecule has 0 saturated heterocycles. The van der Waals surface area contributed by atoms with E-state index in [1.807, 2.05) is 0 Å². The summed E-state index contributed by atoms with van der Waals surface area (Å²) in [5, 5.41) is 13.3. The molecule has 1 heterocycles. The van der Waals surface area contributed by atoms with Gasteiger partial charge < -0.3 is 14.3 Å². The van der Waals surface area contributed by atoms with Crippen LogP contribution in [0.25, 0.3) is 11.1 Å². The Hall–Kier alpha value is -3.46. The van der Waals surface area contributed by atoms with Crippen molar-refractivity contribution in [1.29, 1.82) is 0 Å². The van der Waals surface area contributed by atoms with Gasteiger partial charge in [0.2, 0.25) is 0 Å². The van der Waals surface area contributed by atoms with Gasteiger partial charge in [0.25, 0.3) is 5.91 Å². The van der Waals surface area contributed by atoms with Gasteiger partial charge in [0.05, 0.1) is 17.3 Å². The molecular weight excluding hydrogens is 409 g/mol. The fourth-order valence-electron chi connectivity index (χ4n) is 2.93. The Morgan fingerprint density at radius 1 is 0.871 bits per heavy atom. The zero-order chi connectivity index (χ0) is 21.1. The Morgan fingerprint density at radius 3 is 2.19 bits per heavy atom. The smallest absolute Gasteiger partial charge is 0.545 e. The van der Waals surface area contributed by atoms with Crippen LogP contribution in [0.15, 0.2) is 83.6 Å². The number of nitrogens with one attached hydrogen (secondary N) is 1. The average molecular weight is 423 g/mol. The SMILES string of the molecule is O=C([O-])c1ccc(N(C(=O)NC(=O)c2ccc3ncoc3c2)c2ccccc2)cc1.[Na+]. The van der Waals surface area contributed by atoms with E-state index in [0.29, 0.717) is 22.5 Å². The van der Waals surface area contributed by atoms with Crippen LogP contribution in [0.1, 0.15) is 20.7 Å². The Bertz CT molecular complexity index is 1240. The van der Waals surface area contributed by atoms with E-state index in [9.17, 15) is 19.5 Å². The van der Waals surface area contributed by atoms with E-state index in [1.54, 1.807) is 36.4 Å². The minimum absolute atomic E-state index is 0. The van der Waals surface area contributed by atoms with Gasteiger partial charge in [-0.05, 0) is 48.0 Å². The topological polar surface area (TPSA) is 116 Å². The standard InChI is InChI=1S/C22H15N3O5.Na/c26-20(15-8-11-18-19(12-15)30-13-23-18)24-22(29)25(16-4-2-1-3-5-16)17-9-6-14(7-10-17)21(27)28;/h1-13H,(H,27,28)(H,24,26,29);/q;+1/p-1. The van der Waals surface area contributed by atoms with Gasteiger partial charge in [0.1, 0.15) is 5.52 Å². The van der Waals surface area contributed by atoms with Crippen molar-refractivity contribution in [3.05, 3.63) is 90.3 Å². The van der Waals surface area contributed by atoms with Gasteiger partial charge in [0, 0.05) is 5.56 Å². The number of oxazole rings is 1. The van der Waals surface area contributed by atoms with E-state index in [0.717, 1.165) is 0 Å². The second-order valence-corrected chi connectivity index (χ2v) is 6.30. The van der Waals surface area contributed by atoms with Crippen LogP contribution < -0.4 is 44.9 Å². The summed E-state index contributed by atoms with van der Waals surface area (Å²) < 4.78 is 5.19. The van der Waals surface area contributed by atoms with Gasteiger partial charge in [-0.25, -0.2) is 9.78 Å². The van der Waals surface area contributed by atoms with Crippen molar-refractivity contribution in [3.63, 3.8) is 0 Å².